The van der Waals surface area contributed by atoms with Gasteiger partial charge in [-0.25, -0.2) is 38.7 Å². The molecule has 0 unspecified atom stereocenters. The van der Waals surface area contributed by atoms with Gasteiger partial charge in [-0.2, -0.15) is 18.2 Å². The van der Waals surface area contributed by atoms with Crippen LogP contribution in [0.15, 0.2) is 114 Å². The zero-order valence-electron chi connectivity index (χ0n) is 47.5. The Morgan fingerprint density at radius 3 is 1.65 bits per heavy atom. The smallest absolute Gasteiger partial charge is 0.744 e. The van der Waals surface area contributed by atoms with Crippen molar-refractivity contribution in [3.8, 4) is 33.9 Å². The maximum Gasteiger partial charge on any atom is 1.00 e. The van der Waals surface area contributed by atoms with Gasteiger partial charge in [0.05, 0.1) is 44.1 Å². The number of hydrogen-bond donors (Lipinski definition) is 5. The number of hydrogen-bond acceptors (Lipinski definition) is 21. The molecule has 0 saturated carbocycles. The maximum absolute atomic E-state index is 13.9. The van der Waals surface area contributed by atoms with Crippen LogP contribution in [0.25, 0.3) is 33.4 Å². The molecule has 0 fully saturated rings. The van der Waals surface area contributed by atoms with Crippen molar-refractivity contribution < 1.29 is 200 Å². The van der Waals surface area contributed by atoms with Crippen molar-refractivity contribution in [3.05, 3.63) is 152 Å². The Bertz CT molecular complexity index is 4550. The Kier molecular flexibility index (Phi) is 25.2. The number of phenolic OH excluding ortho intramolecular Hbond substituents is 1. The van der Waals surface area contributed by atoms with E-state index in [1.807, 2.05) is 0 Å². The number of aryl methyl sites for hydroxylation is 4. The molecule has 0 saturated heterocycles. The average molecular weight is 1190 g/mol. The summed E-state index contributed by atoms with van der Waals surface area (Å²) in [6, 6.07) is 20.0. The molecule has 0 aromatic heterocycles. The fraction of sp³-hybridized carbons (Fsp3) is 0.115. The van der Waals surface area contributed by atoms with Crippen molar-refractivity contribution >= 4 is 97.6 Å². The molecule has 410 valence electrons. The second kappa shape index (κ2) is 28.3. The molecule has 0 spiro atoms. The molecule has 23 nitrogen and oxygen atoms in total. The quantitative estimate of drug-likeness (QED) is 0.0275. The number of nitrogens with zero attached hydrogens (tertiary/aromatic N) is 1. The molecule has 8 rings (SSSR count). The molecule has 1 aliphatic carbocycles. The van der Waals surface area contributed by atoms with Crippen LogP contribution < -0.4 is 149 Å². The summed E-state index contributed by atoms with van der Waals surface area (Å²) in [7, 11) is -20.7. The van der Waals surface area contributed by atoms with E-state index in [-0.39, 0.29) is 192 Å². The summed E-state index contributed by atoms with van der Waals surface area (Å²) in [6.45, 7) is 9.05. The topological polar surface area (TPSA) is 405 Å². The van der Waals surface area contributed by atoms with Crippen molar-refractivity contribution in [3.63, 3.8) is 0 Å². The van der Waals surface area contributed by atoms with Gasteiger partial charge in [-0.15, -0.1) is 23.8 Å². The first-order valence-electron chi connectivity index (χ1n) is 22.5. The van der Waals surface area contributed by atoms with Crippen LogP contribution in [0.1, 0.15) is 64.5 Å². The largest absolute Gasteiger partial charge is 1.00 e. The van der Waals surface area contributed by atoms with Crippen LogP contribution in [0.5, 0.6) is 11.5 Å². The number of benzene rings is 7. The molecule has 6 aromatic rings. The third-order valence-electron chi connectivity index (χ3n) is 12.5. The molecule has 2 aliphatic rings. The predicted molar refractivity (Wildman–Crippen MR) is 273 cm³/mol. The van der Waals surface area contributed by atoms with E-state index >= 15 is 0 Å². The Labute approximate surface area is 559 Å². The number of anilines is 4. The van der Waals surface area contributed by atoms with Crippen LogP contribution in [0, 0.1) is 53.7 Å². The van der Waals surface area contributed by atoms with Gasteiger partial charge in [-0.05, 0) is 110 Å². The zero-order chi connectivity index (χ0) is 58.2. The molecule has 0 amide bonds. The molecule has 1 heterocycles. The van der Waals surface area contributed by atoms with E-state index in [1.165, 1.54) is 57.2 Å². The second-order valence-corrected chi connectivity index (χ2v) is 23.8. The first kappa shape index (κ1) is 75.8. The minimum atomic E-state index is -5.57. The molecular formula is C52H37Li6N4O19S4-. The van der Waals surface area contributed by atoms with Gasteiger partial charge in [0.2, 0.25) is 10.0 Å². The van der Waals surface area contributed by atoms with Crippen LogP contribution in [0.2, 0.25) is 0 Å². The van der Waals surface area contributed by atoms with Crippen molar-refractivity contribution in [2.75, 3.05) is 14.8 Å². The first-order valence-corrected chi connectivity index (χ1v) is 28.3. The monoisotopic (exact) mass is 1190 g/mol. The summed E-state index contributed by atoms with van der Waals surface area (Å²) in [6.07, 6.45) is 0. The van der Waals surface area contributed by atoms with E-state index in [0.717, 1.165) is 24.3 Å². The Morgan fingerprint density at radius 1 is 0.553 bits per heavy atom. The Balaban J connectivity index is 0.00000411. The number of phenols is 2. The standard InChI is InChI=1S/C52H42N4O19S4.6Li/c1-23-15-25(3)47(55-76(65,66)42-18-29(50(59)60)11-14-37(42)57)27(5)45(23)53-31-12-13-32-38(20-31)75-39-22-36(41(79(72,73)74)21-34(39)44(32)33-9-7-8-10-40(33)78(69,70)71)54-46-24(2)16-26(4)48(28(46)6)56-77(67,68)43-19-30(51(61)62)17-35(49(43)58)52(63)64;;;;;;/h7-11,13,15-22,53,55-58H,1-6H3,(H,59,60)(H,61,62)(H,63,64)(H,69,70,71)(H,72,73,74);;;;;;/q-2;6*+1/p-5. The third-order valence-corrected chi connectivity index (χ3v) is 17.0. The van der Waals surface area contributed by atoms with Gasteiger partial charge in [0, 0.05) is 45.1 Å². The molecule has 5 N–H and O–H groups in total. The summed E-state index contributed by atoms with van der Waals surface area (Å²) >= 11 is 0. The number of carboxylic acid groups (broad SMARTS) is 3. The van der Waals surface area contributed by atoms with Gasteiger partial charge < -0.3 is 58.8 Å². The van der Waals surface area contributed by atoms with Crippen molar-refractivity contribution in [1.29, 1.82) is 0 Å². The maximum atomic E-state index is 13.9. The molecular weight excluding hydrogens is 1150 g/mol. The van der Waals surface area contributed by atoms with Gasteiger partial charge in [-0.3, -0.25) is 9.44 Å². The van der Waals surface area contributed by atoms with Gasteiger partial charge in [0.15, 0.2) is 0 Å². The number of aromatic carboxylic acids is 3. The molecule has 0 bridgehead atoms. The fourth-order valence-corrected chi connectivity index (χ4v) is 12.9. The van der Waals surface area contributed by atoms with Gasteiger partial charge >= 0.3 is 113 Å². The number of carboxylic acids is 3. The first-order chi connectivity index (χ1) is 36.7. The summed E-state index contributed by atoms with van der Waals surface area (Å²) in [5.74, 6) is -8.37. The van der Waals surface area contributed by atoms with Crippen molar-refractivity contribution in [1.82, 2.24) is 0 Å². The Morgan fingerprint density at radius 2 is 1.08 bits per heavy atom. The third kappa shape index (κ3) is 15.4. The number of carbonyl (C=O) groups excluding carboxylic acids is 3. The van der Waals surface area contributed by atoms with Crippen LogP contribution in [-0.2, 0) is 40.3 Å². The molecule has 0 atom stereocenters. The number of sulfonamides is 2. The minimum Gasteiger partial charge on any atom is -0.744 e. The van der Waals surface area contributed by atoms with E-state index < -0.39 is 111 Å². The minimum absolute atomic E-state index is 0. The van der Waals surface area contributed by atoms with Gasteiger partial charge in [0.25, 0.3) is 10.0 Å². The van der Waals surface area contributed by atoms with Crippen LogP contribution >= 0.6 is 0 Å². The van der Waals surface area contributed by atoms with Crippen molar-refractivity contribution in [2.24, 2.45) is 4.99 Å². The fourth-order valence-electron chi connectivity index (χ4n) is 8.94. The normalized spacial score (nSPS) is 11.6. The molecule has 6 aromatic carbocycles. The van der Waals surface area contributed by atoms with Crippen LogP contribution in [0.4, 0.5) is 28.4 Å². The number of aromatic hydroxyl groups is 2. The molecule has 85 heavy (non-hydrogen) atoms. The summed E-state index contributed by atoms with van der Waals surface area (Å²) in [5.41, 5.74) is -1.86. The van der Waals surface area contributed by atoms with E-state index in [1.54, 1.807) is 26.8 Å². The number of carbonyl (C=O) groups is 3. The van der Waals surface area contributed by atoms with E-state index in [4.69, 9.17) is 4.42 Å². The summed E-state index contributed by atoms with van der Waals surface area (Å²) in [4.78, 5) is 35.7. The second-order valence-electron chi connectivity index (χ2n) is 17.8. The van der Waals surface area contributed by atoms with E-state index in [9.17, 15) is 82.7 Å². The van der Waals surface area contributed by atoms with E-state index in [2.05, 4.69) is 31.9 Å². The van der Waals surface area contributed by atoms with Crippen molar-refractivity contribution in [2.45, 2.75) is 61.1 Å². The SMILES string of the molecule is Cc1cc(C)c(NS(=O)(=O)c2cc(C(=O)[O-])cc(C(=O)[O-])c2O)c(C)c1N=c1cc2oc3cc(Nc4c(C)cc(C)c(NS(=O)(=O)c5cc(C(=O)[O-])c[c-]c5O)c4C)[c-]cc3c(-c3ccccc3S(=O)(=O)[O-])c-2cc1S(=O)(=O)[O-].[Li+].[Li+].[Li+].[Li+].[Li+].[Li+]. The number of fused-ring (bicyclic) bond motifs is 2. The average Bonchev–Trinajstić information content (AvgIpc) is 3.35. The van der Waals surface area contributed by atoms with Crippen LogP contribution in [0.3, 0.4) is 0 Å². The number of nitrogens with one attached hydrogen (secondary N) is 3. The van der Waals surface area contributed by atoms with Gasteiger partial charge in [-0.1, -0.05) is 47.0 Å². The zero-order valence-corrected chi connectivity index (χ0v) is 50.8. The summed E-state index contributed by atoms with van der Waals surface area (Å²) in [5, 5.41) is 58.6. The molecule has 1 aliphatic heterocycles. The molecule has 33 heteroatoms. The van der Waals surface area contributed by atoms with E-state index in [0.29, 0.717) is 35.0 Å². The van der Waals surface area contributed by atoms with Gasteiger partial charge in [0.1, 0.15) is 36.6 Å². The summed E-state index contributed by atoms with van der Waals surface area (Å²) < 4.78 is 144. The molecule has 0 radical (unpaired) electrons. The van der Waals surface area contributed by atoms with Crippen LogP contribution in [-0.4, -0.2) is 70.9 Å². The Hall–Kier alpha value is -5.28. The predicted octanol–water partition coefficient (Wildman–Crippen LogP) is -14.4. The number of rotatable bonds is 15.